The summed E-state index contributed by atoms with van der Waals surface area (Å²) in [6.07, 6.45) is 0. The molecule has 0 nitrogen and oxygen atoms in total. The Bertz CT molecular complexity index is 235. The van der Waals surface area contributed by atoms with Crippen LogP contribution in [0.15, 0.2) is 22.6 Å². The summed E-state index contributed by atoms with van der Waals surface area (Å²) in [5, 5.41) is 0.141. The fourth-order valence-corrected chi connectivity index (χ4v) is 0.877. The molecule has 0 heterocycles. The van der Waals surface area contributed by atoms with Gasteiger partial charge in [-0.3, -0.25) is 0 Å². The molecule has 0 N–H and O–H groups in total. The normalized spacial score (nSPS) is 14.3. The second kappa shape index (κ2) is 2.91. The van der Waals surface area contributed by atoms with Gasteiger partial charge in [0.2, 0.25) is 0 Å². The van der Waals surface area contributed by atoms with Crippen LogP contribution >= 0.6 is 39.1 Å². The van der Waals surface area contributed by atoms with Crippen LogP contribution < -0.4 is 0 Å². The average molecular weight is 229 g/mol. The minimum absolute atomic E-state index is 0.0704. The van der Waals surface area contributed by atoms with E-state index in [1.54, 1.807) is 0 Å². The van der Waals surface area contributed by atoms with Crippen LogP contribution in [0.4, 0.5) is 0 Å². The van der Waals surface area contributed by atoms with E-state index in [-0.39, 0.29) is 28.2 Å². The van der Waals surface area contributed by atoms with E-state index in [0.29, 0.717) is 4.47 Å². The van der Waals surface area contributed by atoms with Gasteiger partial charge in [0.05, 0.1) is 18.6 Å². The van der Waals surface area contributed by atoms with Gasteiger partial charge in [-0.05, 0) is 28.0 Å². The van der Waals surface area contributed by atoms with Gasteiger partial charge in [-0.2, -0.15) is 0 Å². The smallest absolute Gasteiger partial charge is 0.0639 e. The van der Waals surface area contributed by atoms with E-state index in [4.69, 9.17) is 27.3 Å². The molecule has 0 aliphatic rings. The van der Waals surface area contributed by atoms with Gasteiger partial charge in [0, 0.05) is 0 Å². The van der Waals surface area contributed by atoms with E-state index in [9.17, 15) is 0 Å². The van der Waals surface area contributed by atoms with E-state index in [1.807, 2.05) is 0 Å². The van der Waals surface area contributed by atoms with Crippen molar-refractivity contribution in [2.24, 2.45) is 0 Å². The Hall–Kier alpha value is 0.280. The lowest BCUT2D eigenvalue weighted by Crippen LogP contribution is -1.68. The summed E-state index contributed by atoms with van der Waals surface area (Å²) in [6.45, 7) is 0. The lowest BCUT2D eigenvalue weighted by atomic mass is 10.4. The Morgan fingerprint density at radius 1 is 1.33 bits per heavy atom. The molecular weight excluding hydrogens is 223 g/mol. The van der Waals surface area contributed by atoms with Crippen LogP contribution in [-0.2, 0) is 0 Å². The van der Waals surface area contributed by atoms with Gasteiger partial charge in [0.1, 0.15) is 0 Å². The van der Waals surface area contributed by atoms with Crippen LogP contribution in [0.25, 0.3) is 0 Å². The third-order valence-electron chi connectivity index (χ3n) is 0.730. The maximum Gasteiger partial charge on any atom is 0.0639 e. The van der Waals surface area contributed by atoms with Crippen molar-refractivity contribution in [3.05, 3.63) is 32.6 Å². The molecule has 0 fully saturated rings. The first-order chi connectivity index (χ1) is 5.46. The number of hydrogen-bond acceptors (Lipinski definition) is 0. The molecule has 1 aromatic rings. The van der Waals surface area contributed by atoms with Gasteiger partial charge in [-0.25, -0.2) is 0 Å². The van der Waals surface area contributed by atoms with E-state index in [0.717, 1.165) is 0 Å². The van der Waals surface area contributed by atoms with Crippen molar-refractivity contribution < 1.29 is 4.11 Å². The summed E-state index contributed by atoms with van der Waals surface area (Å²) in [6, 6.07) is -0.621. The molecule has 0 saturated carbocycles. The molecule has 1 aromatic carbocycles. The van der Waals surface area contributed by atoms with Crippen LogP contribution in [0.5, 0.6) is 0 Å². The largest absolute Gasteiger partial charge is 0.0831 e. The summed E-state index contributed by atoms with van der Waals surface area (Å²) in [5.74, 6) is 0. The zero-order chi connectivity index (χ0) is 9.46. The molecule has 0 spiro atoms. The molecule has 0 unspecified atom stereocenters. The molecule has 48 valence electrons. The van der Waals surface area contributed by atoms with Crippen LogP contribution in [0.1, 0.15) is 4.11 Å². The molecule has 0 saturated heterocycles. The Balaban J connectivity index is 3.60. The standard InChI is InChI=1S/C6H3BrCl2/c7-6-4(8)2-1-3-5(6)9/h1-3H/i1D,2D,3D. The zero-order valence-corrected chi connectivity index (χ0v) is 7.23. The fourth-order valence-electron chi connectivity index (χ4n) is 0.347. The van der Waals surface area contributed by atoms with Crippen molar-refractivity contribution in [3.63, 3.8) is 0 Å². The summed E-state index contributed by atoms with van der Waals surface area (Å²) in [5.41, 5.74) is 0. The Kier molecular flexibility index (Phi) is 1.36. The van der Waals surface area contributed by atoms with Gasteiger partial charge in [0.25, 0.3) is 0 Å². The molecule has 3 heteroatoms. The maximum atomic E-state index is 7.29. The Morgan fingerprint density at radius 2 is 1.78 bits per heavy atom. The number of hydrogen-bond donors (Lipinski definition) is 0. The summed E-state index contributed by atoms with van der Waals surface area (Å²) in [7, 11) is 0. The fraction of sp³-hybridized carbons (Fsp3) is 0. The highest BCUT2D eigenvalue weighted by atomic mass is 79.9. The predicted molar refractivity (Wildman–Crippen MR) is 44.2 cm³/mol. The predicted octanol–water partition coefficient (Wildman–Crippen LogP) is 3.76. The van der Waals surface area contributed by atoms with E-state index in [1.165, 1.54) is 0 Å². The molecular formula is C6H3BrCl2. The van der Waals surface area contributed by atoms with Crippen molar-refractivity contribution >= 4 is 39.1 Å². The molecule has 1 rings (SSSR count). The van der Waals surface area contributed by atoms with E-state index >= 15 is 0 Å². The van der Waals surface area contributed by atoms with Crippen molar-refractivity contribution in [3.8, 4) is 0 Å². The van der Waals surface area contributed by atoms with Crippen LogP contribution in [0, 0.1) is 0 Å². The van der Waals surface area contributed by atoms with Crippen molar-refractivity contribution in [1.29, 1.82) is 0 Å². The maximum absolute atomic E-state index is 7.29. The molecule has 0 aliphatic carbocycles. The first kappa shape index (κ1) is 4.22. The molecule has 0 aromatic heterocycles. The number of benzene rings is 1. The molecule has 0 bridgehead atoms. The highest BCUT2D eigenvalue weighted by Gasteiger charge is 1.98. The van der Waals surface area contributed by atoms with Crippen LogP contribution in [0.2, 0.25) is 10.0 Å². The Morgan fingerprint density at radius 3 is 2.22 bits per heavy atom. The molecule has 0 aliphatic heterocycles. The molecule has 9 heavy (non-hydrogen) atoms. The zero-order valence-electron chi connectivity index (χ0n) is 7.13. The minimum Gasteiger partial charge on any atom is -0.0831 e. The molecule has 0 atom stereocenters. The van der Waals surface area contributed by atoms with Crippen molar-refractivity contribution in [2.75, 3.05) is 0 Å². The van der Waals surface area contributed by atoms with Gasteiger partial charge in [-0.15, -0.1) is 0 Å². The van der Waals surface area contributed by atoms with Gasteiger partial charge in [-0.1, -0.05) is 29.2 Å². The monoisotopic (exact) mass is 227 g/mol. The Labute approximate surface area is 76.1 Å². The lowest BCUT2D eigenvalue weighted by molar-refractivity contribution is 1.65. The number of halogens is 3. The third-order valence-corrected chi connectivity index (χ3v) is 2.55. The first-order valence-electron chi connectivity index (χ1n) is 3.57. The minimum atomic E-state index is -0.256. The number of rotatable bonds is 0. The summed E-state index contributed by atoms with van der Waals surface area (Å²) >= 11 is 14.3. The SMILES string of the molecule is [2H]c1c([2H])c(Cl)c(Br)c(Cl)c1[2H]. The lowest BCUT2D eigenvalue weighted by Gasteiger charge is -1.94. The molecule has 0 radical (unpaired) electrons. The second-order valence-corrected chi connectivity index (χ2v) is 2.87. The molecule has 0 amide bonds. The average Bonchev–Trinajstić information content (AvgIpc) is 2.08. The topological polar surface area (TPSA) is 0 Å². The van der Waals surface area contributed by atoms with Crippen molar-refractivity contribution in [2.45, 2.75) is 0 Å². The first-order valence-corrected chi connectivity index (χ1v) is 3.62. The van der Waals surface area contributed by atoms with Crippen LogP contribution in [-0.4, -0.2) is 0 Å². The summed E-state index contributed by atoms with van der Waals surface area (Å²) in [4.78, 5) is 0. The highest BCUT2D eigenvalue weighted by Crippen LogP contribution is 2.29. The third kappa shape index (κ3) is 1.60. The van der Waals surface area contributed by atoms with Gasteiger partial charge >= 0.3 is 0 Å². The van der Waals surface area contributed by atoms with Gasteiger partial charge < -0.3 is 0 Å². The highest BCUT2D eigenvalue weighted by molar-refractivity contribution is 9.10. The second-order valence-electron chi connectivity index (χ2n) is 1.32. The van der Waals surface area contributed by atoms with E-state index in [2.05, 4.69) is 15.9 Å². The quantitative estimate of drug-likeness (QED) is 0.594. The van der Waals surface area contributed by atoms with Crippen molar-refractivity contribution in [1.82, 2.24) is 0 Å². The van der Waals surface area contributed by atoms with E-state index < -0.39 is 0 Å². The summed E-state index contributed by atoms with van der Waals surface area (Å²) < 4.78 is 22.1. The van der Waals surface area contributed by atoms with Gasteiger partial charge in [0.15, 0.2) is 0 Å². The van der Waals surface area contributed by atoms with Crippen LogP contribution in [0.3, 0.4) is 0 Å².